The zero-order chi connectivity index (χ0) is 17.6. The molecule has 0 aliphatic rings. The van der Waals surface area contributed by atoms with E-state index in [4.69, 9.17) is 4.42 Å². The molecule has 3 rings (SSSR count). The van der Waals surface area contributed by atoms with Gasteiger partial charge in [-0.3, -0.25) is 4.79 Å². The zero-order valence-electron chi connectivity index (χ0n) is 14.4. The first-order chi connectivity index (χ1) is 12.1. The molecule has 0 spiro atoms. The van der Waals surface area contributed by atoms with Gasteiger partial charge in [0.05, 0.1) is 11.9 Å². The number of nitrogens with one attached hydrogen (secondary N) is 1. The van der Waals surface area contributed by atoms with Crippen LogP contribution >= 0.6 is 0 Å². The van der Waals surface area contributed by atoms with E-state index in [1.54, 1.807) is 6.20 Å². The van der Waals surface area contributed by atoms with Gasteiger partial charge in [-0.05, 0) is 24.3 Å². The van der Waals surface area contributed by atoms with Crippen LogP contribution in [0, 0.1) is 0 Å². The van der Waals surface area contributed by atoms with Crippen LogP contribution in [0.4, 0.5) is 11.5 Å². The number of anilines is 2. The molecule has 128 valence electrons. The highest BCUT2D eigenvalue weighted by Crippen LogP contribution is 2.22. The van der Waals surface area contributed by atoms with Crippen molar-refractivity contribution < 1.29 is 9.21 Å². The normalized spacial score (nSPS) is 10.5. The topological polar surface area (TPSA) is 58.4 Å². The molecule has 0 aliphatic heterocycles. The number of rotatable bonds is 6. The van der Waals surface area contributed by atoms with Crippen molar-refractivity contribution in [2.45, 2.75) is 12.8 Å². The van der Waals surface area contributed by atoms with Crippen molar-refractivity contribution in [3.05, 3.63) is 66.6 Å². The van der Waals surface area contributed by atoms with Crippen molar-refractivity contribution in [1.29, 1.82) is 0 Å². The lowest BCUT2D eigenvalue weighted by atomic mass is 10.2. The predicted molar refractivity (Wildman–Crippen MR) is 99.7 cm³/mol. The molecule has 0 saturated carbocycles. The molecule has 0 aliphatic carbocycles. The van der Waals surface area contributed by atoms with Crippen LogP contribution in [-0.2, 0) is 11.2 Å². The van der Waals surface area contributed by atoms with Gasteiger partial charge in [0, 0.05) is 32.5 Å². The van der Waals surface area contributed by atoms with E-state index in [-0.39, 0.29) is 5.91 Å². The fraction of sp³-hybridized carbons (Fsp3) is 0.200. The molecule has 5 nitrogen and oxygen atoms in total. The van der Waals surface area contributed by atoms with E-state index in [0.29, 0.717) is 18.5 Å². The summed E-state index contributed by atoms with van der Waals surface area (Å²) < 4.78 is 5.81. The highest BCUT2D eigenvalue weighted by molar-refractivity contribution is 5.90. The molecule has 3 aromatic rings. The third-order valence-electron chi connectivity index (χ3n) is 3.81. The average molecular weight is 335 g/mol. The van der Waals surface area contributed by atoms with Gasteiger partial charge in [-0.15, -0.1) is 0 Å². The van der Waals surface area contributed by atoms with E-state index in [1.807, 2.05) is 73.6 Å². The average Bonchev–Trinajstić information content (AvgIpc) is 3.10. The number of pyridine rings is 1. The first-order valence-corrected chi connectivity index (χ1v) is 8.19. The molecule has 2 heterocycles. The molecule has 0 unspecified atom stereocenters. The first-order valence-electron chi connectivity index (χ1n) is 8.19. The molecule has 0 bridgehead atoms. The third kappa shape index (κ3) is 4.47. The minimum absolute atomic E-state index is 0.0583. The van der Waals surface area contributed by atoms with Crippen LogP contribution in [0.5, 0.6) is 0 Å². The highest BCUT2D eigenvalue weighted by Gasteiger charge is 2.08. The summed E-state index contributed by atoms with van der Waals surface area (Å²) in [6, 6.07) is 17.5. The van der Waals surface area contributed by atoms with Gasteiger partial charge < -0.3 is 14.6 Å². The van der Waals surface area contributed by atoms with Gasteiger partial charge in [0.15, 0.2) is 0 Å². The Morgan fingerprint density at radius 3 is 2.56 bits per heavy atom. The van der Waals surface area contributed by atoms with E-state index in [2.05, 4.69) is 10.3 Å². The van der Waals surface area contributed by atoms with Crippen LogP contribution in [0.2, 0.25) is 0 Å². The molecule has 0 radical (unpaired) electrons. The molecule has 1 N–H and O–H groups in total. The molecule has 1 aromatic carbocycles. The molecule has 0 atom stereocenters. The smallest absolute Gasteiger partial charge is 0.224 e. The lowest BCUT2D eigenvalue weighted by Gasteiger charge is -2.11. The Morgan fingerprint density at radius 1 is 1.08 bits per heavy atom. The molecule has 0 saturated heterocycles. The number of amides is 1. The standard InChI is InChI=1S/C20H21N3O2/c1-23(2)19-12-8-16(14-21-19)22-20(24)13-10-17-9-11-18(25-17)15-6-4-3-5-7-15/h3-9,11-12,14H,10,13H2,1-2H3,(H,22,24). The van der Waals surface area contributed by atoms with Crippen molar-refractivity contribution in [3.8, 4) is 11.3 Å². The summed E-state index contributed by atoms with van der Waals surface area (Å²) in [5.41, 5.74) is 1.73. The Kier molecular flexibility index (Phi) is 5.14. The summed E-state index contributed by atoms with van der Waals surface area (Å²) in [7, 11) is 3.85. The van der Waals surface area contributed by atoms with E-state index in [9.17, 15) is 4.79 Å². The summed E-state index contributed by atoms with van der Waals surface area (Å²) in [6.45, 7) is 0. The number of hydrogen-bond acceptors (Lipinski definition) is 4. The zero-order valence-corrected chi connectivity index (χ0v) is 14.4. The van der Waals surface area contributed by atoms with Gasteiger partial charge in [0.25, 0.3) is 0 Å². The minimum Gasteiger partial charge on any atom is -0.461 e. The van der Waals surface area contributed by atoms with Crippen molar-refractivity contribution >= 4 is 17.4 Å². The Balaban J connectivity index is 1.53. The van der Waals surface area contributed by atoms with Crippen molar-refractivity contribution in [1.82, 2.24) is 4.98 Å². The maximum absolute atomic E-state index is 12.1. The lowest BCUT2D eigenvalue weighted by molar-refractivity contribution is -0.116. The summed E-state index contributed by atoms with van der Waals surface area (Å²) in [5, 5.41) is 2.86. The second-order valence-electron chi connectivity index (χ2n) is 5.98. The Hall–Kier alpha value is -3.08. The number of carbonyl (C=O) groups excluding carboxylic acids is 1. The Labute approximate surface area is 147 Å². The van der Waals surface area contributed by atoms with Crippen molar-refractivity contribution in [3.63, 3.8) is 0 Å². The molecular weight excluding hydrogens is 314 g/mol. The highest BCUT2D eigenvalue weighted by atomic mass is 16.3. The molecule has 25 heavy (non-hydrogen) atoms. The molecule has 1 amide bonds. The number of benzene rings is 1. The second kappa shape index (κ2) is 7.66. The largest absolute Gasteiger partial charge is 0.461 e. The van der Waals surface area contributed by atoms with Crippen LogP contribution in [0.25, 0.3) is 11.3 Å². The summed E-state index contributed by atoms with van der Waals surface area (Å²) >= 11 is 0. The van der Waals surface area contributed by atoms with Gasteiger partial charge in [-0.1, -0.05) is 30.3 Å². The second-order valence-corrected chi connectivity index (χ2v) is 5.98. The van der Waals surface area contributed by atoms with Gasteiger partial charge in [0.1, 0.15) is 17.3 Å². The van der Waals surface area contributed by atoms with Crippen LogP contribution < -0.4 is 10.2 Å². The number of carbonyl (C=O) groups is 1. The minimum atomic E-state index is -0.0583. The fourth-order valence-electron chi connectivity index (χ4n) is 2.45. The summed E-state index contributed by atoms with van der Waals surface area (Å²) in [6.07, 6.45) is 2.58. The number of nitrogens with zero attached hydrogens (tertiary/aromatic N) is 2. The molecule has 2 aromatic heterocycles. The maximum atomic E-state index is 12.1. The summed E-state index contributed by atoms with van der Waals surface area (Å²) in [4.78, 5) is 18.3. The van der Waals surface area contributed by atoms with Crippen LogP contribution in [0.1, 0.15) is 12.2 Å². The van der Waals surface area contributed by atoms with E-state index < -0.39 is 0 Å². The van der Waals surface area contributed by atoms with Gasteiger partial charge in [-0.25, -0.2) is 4.98 Å². The number of aryl methyl sites for hydroxylation is 1. The number of hydrogen-bond donors (Lipinski definition) is 1. The Morgan fingerprint density at radius 2 is 1.88 bits per heavy atom. The first kappa shape index (κ1) is 16.8. The molecule has 0 fully saturated rings. The number of furan rings is 1. The van der Waals surface area contributed by atoms with Gasteiger partial charge >= 0.3 is 0 Å². The van der Waals surface area contributed by atoms with Crippen LogP contribution in [-0.4, -0.2) is 25.0 Å². The predicted octanol–water partition coefficient (Wildman–Crippen LogP) is 3.98. The van der Waals surface area contributed by atoms with E-state index >= 15 is 0 Å². The lowest BCUT2D eigenvalue weighted by Crippen LogP contribution is -2.14. The van der Waals surface area contributed by atoms with Gasteiger partial charge in [0.2, 0.25) is 5.91 Å². The summed E-state index contributed by atoms with van der Waals surface area (Å²) in [5.74, 6) is 2.41. The monoisotopic (exact) mass is 335 g/mol. The van der Waals surface area contributed by atoms with E-state index in [0.717, 1.165) is 22.9 Å². The third-order valence-corrected chi connectivity index (χ3v) is 3.81. The van der Waals surface area contributed by atoms with Crippen molar-refractivity contribution in [2.75, 3.05) is 24.3 Å². The maximum Gasteiger partial charge on any atom is 0.224 e. The fourth-order valence-corrected chi connectivity index (χ4v) is 2.45. The van der Waals surface area contributed by atoms with Crippen LogP contribution in [0.3, 0.4) is 0 Å². The van der Waals surface area contributed by atoms with Crippen molar-refractivity contribution in [2.24, 2.45) is 0 Å². The molecular formula is C20H21N3O2. The van der Waals surface area contributed by atoms with Gasteiger partial charge in [-0.2, -0.15) is 0 Å². The molecule has 5 heteroatoms. The quantitative estimate of drug-likeness (QED) is 0.740. The SMILES string of the molecule is CN(C)c1ccc(NC(=O)CCc2ccc(-c3ccccc3)o2)cn1. The number of aromatic nitrogens is 1. The van der Waals surface area contributed by atoms with Crippen LogP contribution in [0.15, 0.2) is 65.2 Å². The van der Waals surface area contributed by atoms with E-state index in [1.165, 1.54) is 0 Å². The Bertz CT molecular complexity index is 824.